The van der Waals surface area contributed by atoms with Crippen molar-refractivity contribution in [1.82, 2.24) is 14.9 Å². The number of carbonyl (C=O) groups excluding carboxylic acids is 1. The van der Waals surface area contributed by atoms with Gasteiger partial charge in [-0.1, -0.05) is 27.5 Å². The summed E-state index contributed by atoms with van der Waals surface area (Å²) in [5, 5.41) is 3.22. The number of fused-ring (bicyclic) bond motifs is 2. The van der Waals surface area contributed by atoms with Crippen LogP contribution in [0.4, 0.5) is 5.82 Å². The highest BCUT2D eigenvalue weighted by atomic mass is 16.2. The van der Waals surface area contributed by atoms with E-state index in [0.29, 0.717) is 11.8 Å². The fourth-order valence-corrected chi connectivity index (χ4v) is 4.58. The Morgan fingerprint density at radius 2 is 2.00 bits per heavy atom. The van der Waals surface area contributed by atoms with Crippen molar-refractivity contribution in [1.29, 1.82) is 0 Å². The third kappa shape index (κ3) is 4.61. The summed E-state index contributed by atoms with van der Waals surface area (Å²) < 4.78 is 0. The number of carbonyl (C=O) groups is 1. The van der Waals surface area contributed by atoms with Gasteiger partial charge in [0.15, 0.2) is 0 Å². The van der Waals surface area contributed by atoms with Crippen LogP contribution in [0.15, 0.2) is 61.2 Å². The van der Waals surface area contributed by atoms with Crippen molar-refractivity contribution in [2.75, 3.05) is 18.4 Å². The topological polar surface area (TPSA) is 58.1 Å². The quantitative estimate of drug-likeness (QED) is 0.699. The minimum atomic E-state index is 0. The van der Waals surface area contributed by atoms with Crippen LogP contribution in [0, 0.1) is 11.8 Å². The first-order chi connectivity index (χ1) is 14.2. The number of rotatable bonds is 3. The van der Waals surface area contributed by atoms with Gasteiger partial charge >= 0.3 is 0 Å². The summed E-state index contributed by atoms with van der Waals surface area (Å²) in [6.07, 6.45) is 14.3. The lowest BCUT2D eigenvalue weighted by molar-refractivity contribution is -0.125. The monoisotopic (exact) mass is 416 g/mol. The highest BCUT2D eigenvalue weighted by molar-refractivity contribution is 5.92. The van der Waals surface area contributed by atoms with Crippen molar-refractivity contribution in [2.45, 2.75) is 34.1 Å². The van der Waals surface area contributed by atoms with Crippen LogP contribution in [0.3, 0.4) is 0 Å². The van der Waals surface area contributed by atoms with Gasteiger partial charge in [0.25, 0.3) is 0 Å². The molecular formula is C26H32N4O. The molecule has 1 saturated heterocycles. The van der Waals surface area contributed by atoms with Crippen LogP contribution in [-0.2, 0) is 11.2 Å². The summed E-state index contributed by atoms with van der Waals surface area (Å²) >= 11 is 0. The number of allylic oxidation sites excluding steroid dienone is 2. The summed E-state index contributed by atoms with van der Waals surface area (Å²) in [7, 11) is 0. The number of amides is 1. The fraction of sp³-hybridized carbons (Fsp3) is 0.346. The Morgan fingerprint density at radius 3 is 2.77 bits per heavy atom. The molecular weight excluding hydrogens is 384 g/mol. The lowest BCUT2D eigenvalue weighted by atomic mass is 9.99. The summed E-state index contributed by atoms with van der Waals surface area (Å²) in [4.78, 5) is 23.2. The average molecular weight is 417 g/mol. The number of hydrogen-bond donors (Lipinski definition) is 1. The zero-order valence-corrected chi connectivity index (χ0v) is 16.3. The van der Waals surface area contributed by atoms with E-state index in [2.05, 4.69) is 46.1 Å². The second-order valence-electron chi connectivity index (χ2n) is 8.14. The van der Waals surface area contributed by atoms with Gasteiger partial charge in [-0.2, -0.15) is 0 Å². The van der Waals surface area contributed by atoms with Crippen LogP contribution in [0.2, 0.25) is 0 Å². The van der Waals surface area contributed by atoms with Crippen molar-refractivity contribution < 1.29 is 4.79 Å². The van der Waals surface area contributed by atoms with E-state index in [1.165, 1.54) is 16.7 Å². The maximum Gasteiger partial charge on any atom is 0.246 e. The smallest absolute Gasteiger partial charge is 0.246 e. The molecule has 1 amide bonds. The Hall–Kier alpha value is -3.21. The molecule has 1 fully saturated rings. The zero-order valence-electron chi connectivity index (χ0n) is 16.3. The highest BCUT2D eigenvalue weighted by Crippen LogP contribution is 2.40. The van der Waals surface area contributed by atoms with Crippen LogP contribution >= 0.6 is 0 Å². The van der Waals surface area contributed by atoms with Crippen LogP contribution < -0.4 is 5.32 Å². The van der Waals surface area contributed by atoms with Gasteiger partial charge in [-0.15, -0.1) is 0 Å². The Bertz CT molecular complexity index is 1020. The number of aryl methyl sites for hydroxylation is 1. The van der Waals surface area contributed by atoms with Gasteiger partial charge in [0.2, 0.25) is 5.91 Å². The molecule has 0 saturated carbocycles. The zero-order chi connectivity index (χ0) is 19.8. The normalized spacial score (nSPS) is 21.5. The SMILES string of the molecule is C.C.C=C1CCc2cc(/C=C/C(=O)N3C[C@@H]4CC(c5ccncc5)=C[C@@H]4C3)cnc2N1. The second kappa shape index (κ2) is 9.29. The first kappa shape index (κ1) is 22.5. The van der Waals surface area contributed by atoms with Gasteiger partial charge in [0.1, 0.15) is 5.82 Å². The number of pyridine rings is 2. The maximum atomic E-state index is 12.7. The van der Waals surface area contributed by atoms with Crippen molar-refractivity contribution in [2.24, 2.45) is 11.8 Å². The van der Waals surface area contributed by atoms with Gasteiger partial charge in [0.05, 0.1) is 0 Å². The number of nitrogens with one attached hydrogen (secondary N) is 1. The molecule has 2 aromatic rings. The standard InChI is InChI=1S/C24H24N4O.2CH4/c1-16-2-4-19-10-17(13-26-24(19)27-16)3-5-23(29)28-14-21-11-20(12-22(21)15-28)18-6-8-25-9-7-18;;/h3,5-11,13,21-22H,1-2,4,12,14-15H2,(H,26,27);2*1H4/b5-3+;;/t21-,22+;;/m1../s1. The van der Waals surface area contributed by atoms with Gasteiger partial charge in [-0.05, 0) is 77.6 Å². The van der Waals surface area contributed by atoms with Crippen LogP contribution in [0.5, 0.6) is 0 Å². The van der Waals surface area contributed by atoms with Gasteiger partial charge in [-0.25, -0.2) is 4.98 Å². The first-order valence-corrected chi connectivity index (χ1v) is 10.2. The minimum absolute atomic E-state index is 0. The third-order valence-electron chi connectivity index (χ3n) is 6.15. The van der Waals surface area contributed by atoms with E-state index in [1.807, 2.05) is 23.4 Å². The van der Waals surface area contributed by atoms with Crippen LogP contribution in [0.1, 0.15) is 44.4 Å². The van der Waals surface area contributed by atoms with Gasteiger partial charge in [-0.3, -0.25) is 9.78 Å². The molecule has 1 N–H and O–H groups in total. The number of anilines is 1. The average Bonchev–Trinajstić information content (AvgIpc) is 3.32. The Morgan fingerprint density at radius 1 is 1.19 bits per heavy atom. The molecule has 0 aromatic carbocycles. The molecule has 5 nitrogen and oxygen atoms in total. The number of hydrogen-bond acceptors (Lipinski definition) is 4. The highest BCUT2D eigenvalue weighted by Gasteiger charge is 2.37. The molecule has 0 unspecified atom stereocenters. The largest absolute Gasteiger partial charge is 0.344 e. The Kier molecular flexibility index (Phi) is 6.74. The first-order valence-electron chi connectivity index (χ1n) is 10.2. The summed E-state index contributed by atoms with van der Waals surface area (Å²) in [5.74, 6) is 1.96. The number of nitrogens with zero attached hydrogens (tertiary/aromatic N) is 3. The second-order valence-corrected chi connectivity index (χ2v) is 8.14. The predicted molar refractivity (Wildman–Crippen MR) is 128 cm³/mol. The predicted octanol–water partition coefficient (Wildman–Crippen LogP) is 5.20. The van der Waals surface area contributed by atoms with Gasteiger partial charge < -0.3 is 10.2 Å². The van der Waals surface area contributed by atoms with Crippen LogP contribution in [-0.4, -0.2) is 33.9 Å². The molecule has 162 valence electrons. The lowest BCUT2D eigenvalue weighted by Crippen LogP contribution is -2.27. The Balaban J connectivity index is 0.00000136. The van der Waals surface area contributed by atoms with Crippen molar-refractivity contribution in [3.8, 4) is 0 Å². The van der Waals surface area contributed by atoms with E-state index in [1.54, 1.807) is 12.3 Å². The van der Waals surface area contributed by atoms with E-state index in [0.717, 1.165) is 49.4 Å². The molecule has 4 heterocycles. The summed E-state index contributed by atoms with van der Waals surface area (Å²) in [6, 6.07) is 6.24. The maximum absolute atomic E-state index is 12.7. The van der Waals surface area contributed by atoms with Gasteiger partial charge in [0, 0.05) is 43.5 Å². The van der Waals surface area contributed by atoms with E-state index in [-0.39, 0.29) is 20.8 Å². The minimum Gasteiger partial charge on any atom is -0.344 e. The molecule has 0 radical (unpaired) electrons. The molecule has 5 heteroatoms. The molecule has 5 rings (SSSR count). The molecule has 1 aliphatic carbocycles. The molecule has 0 spiro atoms. The Labute approximate surface area is 185 Å². The lowest BCUT2D eigenvalue weighted by Gasteiger charge is -2.19. The molecule has 31 heavy (non-hydrogen) atoms. The summed E-state index contributed by atoms with van der Waals surface area (Å²) in [5.41, 5.74) is 5.79. The van der Waals surface area contributed by atoms with E-state index >= 15 is 0 Å². The fourth-order valence-electron chi connectivity index (χ4n) is 4.58. The van der Waals surface area contributed by atoms with Crippen molar-refractivity contribution in [3.05, 3.63) is 77.9 Å². The molecule has 2 aliphatic heterocycles. The van der Waals surface area contributed by atoms with E-state index in [9.17, 15) is 4.79 Å². The van der Waals surface area contributed by atoms with Crippen LogP contribution in [0.25, 0.3) is 11.6 Å². The third-order valence-corrected chi connectivity index (χ3v) is 6.15. The molecule has 2 aromatic heterocycles. The van der Waals surface area contributed by atoms with Crippen molar-refractivity contribution in [3.63, 3.8) is 0 Å². The van der Waals surface area contributed by atoms with Crippen molar-refractivity contribution >= 4 is 23.4 Å². The van der Waals surface area contributed by atoms with E-state index < -0.39 is 0 Å². The number of likely N-dealkylation sites (tertiary alicyclic amines) is 1. The molecule has 3 aliphatic rings. The molecule has 0 bridgehead atoms. The van der Waals surface area contributed by atoms with E-state index in [4.69, 9.17) is 0 Å². The summed E-state index contributed by atoms with van der Waals surface area (Å²) in [6.45, 7) is 5.59. The number of aromatic nitrogens is 2. The molecule has 2 atom stereocenters.